The Morgan fingerprint density at radius 1 is 1.20 bits per heavy atom. The Hall–Kier alpha value is -3.00. The molecule has 0 atom stereocenters. The quantitative estimate of drug-likeness (QED) is 0.683. The van der Waals surface area contributed by atoms with Crippen molar-refractivity contribution in [3.63, 3.8) is 0 Å². The second-order valence-electron chi connectivity index (χ2n) is 3.95. The van der Waals surface area contributed by atoms with Crippen LogP contribution in [-0.4, -0.2) is 13.1 Å². The van der Waals surface area contributed by atoms with Crippen LogP contribution in [0.1, 0.15) is 15.9 Å². The van der Waals surface area contributed by atoms with E-state index in [1.807, 2.05) is 6.07 Å². The molecule has 0 spiro atoms. The molecule has 2 aromatic rings. The average molecular weight is 268 g/mol. The number of carbonyl (C=O) groups excluding carboxylic acids is 1. The smallest absolute Gasteiger partial charge is 0.341 e. The van der Waals surface area contributed by atoms with Crippen LogP contribution < -0.4 is 10.5 Å². The van der Waals surface area contributed by atoms with Crippen molar-refractivity contribution >= 4 is 11.7 Å². The summed E-state index contributed by atoms with van der Waals surface area (Å²) in [7, 11) is 1.29. The number of rotatable bonds is 3. The van der Waals surface area contributed by atoms with Gasteiger partial charge in [0.2, 0.25) is 0 Å². The number of methoxy groups -OCH3 is 1. The van der Waals surface area contributed by atoms with Crippen LogP contribution in [-0.2, 0) is 4.74 Å². The van der Waals surface area contributed by atoms with Crippen LogP contribution in [0.3, 0.4) is 0 Å². The fourth-order valence-corrected chi connectivity index (χ4v) is 1.65. The number of ether oxygens (including phenoxy) is 2. The number of hydrogen-bond acceptors (Lipinski definition) is 5. The molecule has 0 aliphatic rings. The van der Waals surface area contributed by atoms with Gasteiger partial charge in [-0.1, -0.05) is 6.07 Å². The maximum atomic E-state index is 11.7. The molecular formula is C15H12N2O3. The molecule has 2 N–H and O–H groups in total. The van der Waals surface area contributed by atoms with E-state index in [1.165, 1.54) is 7.11 Å². The summed E-state index contributed by atoms with van der Waals surface area (Å²) in [5, 5.41) is 8.74. The maximum absolute atomic E-state index is 11.7. The van der Waals surface area contributed by atoms with Crippen molar-refractivity contribution in [2.75, 3.05) is 12.8 Å². The highest BCUT2D eigenvalue weighted by atomic mass is 16.5. The molecule has 0 unspecified atom stereocenters. The predicted molar refractivity (Wildman–Crippen MR) is 73.4 cm³/mol. The summed E-state index contributed by atoms with van der Waals surface area (Å²) in [6.45, 7) is 0. The minimum Gasteiger partial charge on any atom is -0.465 e. The number of nitrogens with zero attached hydrogens (tertiary/aromatic N) is 1. The van der Waals surface area contributed by atoms with Gasteiger partial charge in [0.15, 0.2) is 5.75 Å². The Morgan fingerprint density at radius 2 is 1.90 bits per heavy atom. The Kier molecular flexibility index (Phi) is 3.87. The Balaban J connectivity index is 2.37. The van der Waals surface area contributed by atoms with Gasteiger partial charge in [-0.25, -0.2) is 4.79 Å². The summed E-state index contributed by atoms with van der Waals surface area (Å²) in [5.41, 5.74) is 6.93. The number of carbonyl (C=O) groups is 1. The summed E-state index contributed by atoms with van der Waals surface area (Å²) in [6, 6.07) is 13.4. The van der Waals surface area contributed by atoms with E-state index < -0.39 is 5.97 Å². The zero-order valence-electron chi connectivity index (χ0n) is 10.8. The fourth-order valence-electron chi connectivity index (χ4n) is 1.65. The fraction of sp³-hybridized carbons (Fsp3) is 0.0667. The zero-order chi connectivity index (χ0) is 14.5. The minimum absolute atomic E-state index is 0.240. The van der Waals surface area contributed by atoms with Crippen LogP contribution in [0.5, 0.6) is 11.5 Å². The molecule has 0 heterocycles. The summed E-state index contributed by atoms with van der Waals surface area (Å²) in [4.78, 5) is 11.7. The van der Waals surface area contributed by atoms with E-state index in [9.17, 15) is 4.79 Å². The first-order valence-corrected chi connectivity index (χ1v) is 5.80. The number of esters is 1. The second-order valence-corrected chi connectivity index (χ2v) is 3.95. The van der Waals surface area contributed by atoms with E-state index >= 15 is 0 Å². The van der Waals surface area contributed by atoms with Crippen LogP contribution in [0.4, 0.5) is 5.69 Å². The van der Waals surface area contributed by atoms with Gasteiger partial charge in [0.25, 0.3) is 0 Å². The van der Waals surface area contributed by atoms with Gasteiger partial charge in [-0.05, 0) is 36.4 Å². The third-order valence-corrected chi connectivity index (χ3v) is 2.65. The molecule has 5 nitrogen and oxygen atoms in total. The molecule has 2 rings (SSSR count). The molecule has 0 saturated carbocycles. The average Bonchev–Trinajstić information content (AvgIpc) is 2.49. The molecule has 0 saturated heterocycles. The largest absolute Gasteiger partial charge is 0.465 e. The molecule has 0 aliphatic heterocycles. The highest BCUT2D eigenvalue weighted by molar-refractivity contribution is 5.94. The number of nitrogen functional groups attached to an aromatic ring is 1. The predicted octanol–water partition coefficient (Wildman–Crippen LogP) is 2.72. The lowest BCUT2D eigenvalue weighted by Gasteiger charge is -2.12. The summed E-state index contributed by atoms with van der Waals surface area (Å²) < 4.78 is 10.3. The Morgan fingerprint density at radius 3 is 2.50 bits per heavy atom. The van der Waals surface area contributed by atoms with Gasteiger partial charge in [-0.15, -0.1) is 0 Å². The Labute approximate surface area is 116 Å². The van der Waals surface area contributed by atoms with E-state index in [0.29, 0.717) is 17.0 Å². The summed E-state index contributed by atoms with van der Waals surface area (Å²) >= 11 is 0. The molecule has 2 aromatic carbocycles. The van der Waals surface area contributed by atoms with Crippen molar-refractivity contribution in [1.29, 1.82) is 5.26 Å². The van der Waals surface area contributed by atoms with E-state index in [2.05, 4.69) is 4.74 Å². The van der Waals surface area contributed by atoms with Gasteiger partial charge in [0, 0.05) is 0 Å². The van der Waals surface area contributed by atoms with E-state index in [4.69, 9.17) is 15.7 Å². The van der Waals surface area contributed by atoms with Crippen molar-refractivity contribution in [2.24, 2.45) is 0 Å². The molecular weight excluding hydrogens is 256 g/mol. The monoisotopic (exact) mass is 268 g/mol. The lowest BCUT2D eigenvalue weighted by molar-refractivity contribution is 0.0598. The third kappa shape index (κ3) is 2.70. The highest BCUT2D eigenvalue weighted by Crippen LogP contribution is 2.31. The van der Waals surface area contributed by atoms with Gasteiger partial charge in [-0.2, -0.15) is 5.26 Å². The lowest BCUT2D eigenvalue weighted by atomic mass is 10.1. The minimum atomic E-state index is -0.527. The van der Waals surface area contributed by atoms with Crippen LogP contribution in [0.2, 0.25) is 0 Å². The summed E-state index contributed by atoms with van der Waals surface area (Å²) in [6.07, 6.45) is 0. The summed E-state index contributed by atoms with van der Waals surface area (Å²) in [5.74, 6) is 0.192. The molecule has 0 radical (unpaired) electrons. The van der Waals surface area contributed by atoms with Gasteiger partial charge in [-0.3, -0.25) is 0 Å². The normalized spacial score (nSPS) is 9.60. The van der Waals surface area contributed by atoms with Crippen molar-refractivity contribution in [3.8, 4) is 17.6 Å². The Bertz CT molecular complexity index is 673. The lowest BCUT2D eigenvalue weighted by Crippen LogP contribution is -2.05. The first-order valence-electron chi connectivity index (χ1n) is 5.80. The van der Waals surface area contributed by atoms with Gasteiger partial charge in [0.1, 0.15) is 11.3 Å². The van der Waals surface area contributed by atoms with E-state index in [0.717, 1.165) is 0 Å². The number of hydrogen-bond donors (Lipinski definition) is 1. The molecule has 5 heteroatoms. The van der Waals surface area contributed by atoms with Gasteiger partial charge < -0.3 is 15.2 Å². The molecule has 0 bridgehead atoms. The maximum Gasteiger partial charge on any atom is 0.341 e. The van der Waals surface area contributed by atoms with Crippen LogP contribution >= 0.6 is 0 Å². The molecule has 0 fully saturated rings. The molecule has 0 amide bonds. The number of nitrogens with two attached hydrogens (primary N) is 1. The van der Waals surface area contributed by atoms with E-state index in [1.54, 1.807) is 42.5 Å². The van der Waals surface area contributed by atoms with Crippen molar-refractivity contribution in [2.45, 2.75) is 0 Å². The van der Waals surface area contributed by atoms with Crippen LogP contribution in [0, 0.1) is 11.3 Å². The number of benzene rings is 2. The number of anilines is 1. The third-order valence-electron chi connectivity index (χ3n) is 2.65. The zero-order valence-corrected chi connectivity index (χ0v) is 10.8. The molecule has 100 valence electrons. The first-order chi connectivity index (χ1) is 9.65. The van der Waals surface area contributed by atoms with Crippen LogP contribution in [0.25, 0.3) is 0 Å². The first kappa shape index (κ1) is 13.4. The van der Waals surface area contributed by atoms with Crippen LogP contribution in [0.15, 0.2) is 42.5 Å². The molecule has 20 heavy (non-hydrogen) atoms. The van der Waals surface area contributed by atoms with Gasteiger partial charge >= 0.3 is 5.97 Å². The SMILES string of the molecule is COC(=O)c1cccc(N)c1Oc1ccc(C#N)cc1. The topological polar surface area (TPSA) is 85.3 Å². The standard InChI is InChI=1S/C15H12N2O3/c1-19-15(18)12-3-2-4-13(17)14(12)20-11-7-5-10(9-16)6-8-11/h2-8H,17H2,1H3. The number of nitriles is 1. The highest BCUT2D eigenvalue weighted by Gasteiger charge is 2.16. The number of para-hydroxylation sites is 1. The van der Waals surface area contributed by atoms with Gasteiger partial charge in [0.05, 0.1) is 24.4 Å². The van der Waals surface area contributed by atoms with Crippen molar-refractivity contribution in [3.05, 3.63) is 53.6 Å². The van der Waals surface area contributed by atoms with Crippen molar-refractivity contribution < 1.29 is 14.3 Å². The second kappa shape index (κ2) is 5.76. The molecule has 0 aliphatic carbocycles. The van der Waals surface area contributed by atoms with Crippen molar-refractivity contribution in [1.82, 2.24) is 0 Å². The molecule has 0 aromatic heterocycles. The van der Waals surface area contributed by atoms with E-state index in [-0.39, 0.29) is 11.3 Å².